The highest BCUT2D eigenvalue weighted by atomic mass is 16.4. The Morgan fingerprint density at radius 3 is 2.31 bits per heavy atom. The average molecular weight is 428 g/mol. The number of oxazole rings is 1. The predicted molar refractivity (Wildman–Crippen MR) is 127 cm³/mol. The van der Waals surface area contributed by atoms with Crippen LogP contribution in [0.1, 0.15) is 29.8 Å². The molecule has 1 amide bonds. The Kier molecular flexibility index (Phi) is 6.03. The second-order valence-electron chi connectivity index (χ2n) is 7.61. The van der Waals surface area contributed by atoms with Gasteiger partial charge in [-0.1, -0.05) is 24.3 Å². The van der Waals surface area contributed by atoms with Crippen molar-refractivity contribution in [2.75, 3.05) is 23.4 Å². The molecule has 0 fully saturated rings. The fraction of sp³-hybridized carbons (Fsp3) is 0.192. The van der Waals surface area contributed by atoms with Gasteiger partial charge in [-0.15, -0.1) is 0 Å². The molecule has 0 unspecified atom stereocenters. The van der Waals surface area contributed by atoms with Gasteiger partial charge in [0.05, 0.1) is 6.42 Å². The average Bonchev–Trinajstić information content (AvgIpc) is 3.22. The Morgan fingerprint density at radius 2 is 1.66 bits per heavy atom. The van der Waals surface area contributed by atoms with Gasteiger partial charge >= 0.3 is 6.01 Å². The molecule has 0 spiro atoms. The smallest absolute Gasteiger partial charge is 0.302 e. The molecule has 0 radical (unpaired) electrons. The third kappa shape index (κ3) is 4.39. The van der Waals surface area contributed by atoms with E-state index in [9.17, 15) is 9.59 Å². The van der Waals surface area contributed by atoms with Gasteiger partial charge in [0.15, 0.2) is 11.4 Å². The van der Waals surface area contributed by atoms with Crippen LogP contribution in [0, 0.1) is 0 Å². The first-order valence-electron chi connectivity index (χ1n) is 10.6. The lowest BCUT2D eigenvalue weighted by Gasteiger charge is -2.18. The molecule has 0 bridgehead atoms. The quantitative estimate of drug-likeness (QED) is 0.370. The van der Waals surface area contributed by atoms with E-state index < -0.39 is 0 Å². The zero-order valence-electron chi connectivity index (χ0n) is 18.4. The number of likely N-dealkylation sites (N-methyl/N-ethyl adjacent to an activating group) is 1. The second-order valence-corrected chi connectivity index (χ2v) is 7.61. The number of hydrogen-bond donors (Lipinski definition) is 0. The second kappa shape index (κ2) is 9.06. The summed E-state index contributed by atoms with van der Waals surface area (Å²) in [7, 11) is 1.73. The van der Waals surface area contributed by atoms with Gasteiger partial charge in [-0.3, -0.25) is 14.5 Å². The fourth-order valence-electron chi connectivity index (χ4n) is 3.58. The van der Waals surface area contributed by atoms with E-state index in [2.05, 4.69) is 4.98 Å². The molecule has 0 atom stereocenters. The summed E-state index contributed by atoms with van der Waals surface area (Å²) >= 11 is 0. The molecule has 0 aliphatic heterocycles. The highest BCUT2D eigenvalue weighted by Crippen LogP contribution is 2.28. The fourth-order valence-corrected chi connectivity index (χ4v) is 3.58. The lowest BCUT2D eigenvalue weighted by Crippen LogP contribution is -2.27. The van der Waals surface area contributed by atoms with Gasteiger partial charge in [-0.05, 0) is 67.9 Å². The Morgan fingerprint density at radius 1 is 0.938 bits per heavy atom. The van der Waals surface area contributed by atoms with E-state index in [1.165, 1.54) is 6.92 Å². The number of rotatable bonds is 7. The van der Waals surface area contributed by atoms with Crippen LogP contribution < -0.4 is 9.80 Å². The van der Waals surface area contributed by atoms with Gasteiger partial charge in [0.1, 0.15) is 5.52 Å². The van der Waals surface area contributed by atoms with Gasteiger partial charge in [0.25, 0.3) is 0 Å². The van der Waals surface area contributed by atoms with Gasteiger partial charge < -0.3 is 9.32 Å². The van der Waals surface area contributed by atoms with Crippen LogP contribution >= 0.6 is 0 Å². The van der Waals surface area contributed by atoms with Crippen molar-refractivity contribution in [1.82, 2.24) is 4.98 Å². The summed E-state index contributed by atoms with van der Waals surface area (Å²) in [4.78, 5) is 32.5. The number of fused-ring (bicyclic) bond motifs is 1. The molecule has 6 nitrogen and oxygen atoms in total. The van der Waals surface area contributed by atoms with E-state index in [0.717, 1.165) is 29.0 Å². The van der Waals surface area contributed by atoms with Crippen molar-refractivity contribution in [2.45, 2.75) is 20.3 Å². The molecular formula is C26H25N3O3. The van der Waals surface area contributed by atoms with E-state index in [4.69, 9.17) is 4.42 Å². The van der Waals surface area contributed by atoms with Gasteiger partial charge in [-0.2, -0.15) is 4.98 Å². The highest BCUT2D eigenvalue weighted by molar-refractivity contribution is 5.97. The Labute approximate surface area is 187 Å². The van der Waals surface area contributed by atoms with Crippen LogP contribution in [-0.4, -0.2) is 30.3 Å². The number of carbonyl (C=O) groups is 2. The van der Waals surface area contributed by atoms with Crippen LogP contribution in [0.2, 0.25) is 0 Å². The Balaban J connectivity index is 1.52. The number of anilines is 3. The molecule has 4 rings (SSSR count). The van der Waals surface area contributed by atoms with Crippen molar-refractivity contribution in [2.24, 2.45) is 0 Å². The van der Waals surface area contributed by atoms with E-state index in [1.54, 1.807) is 36.2 Å². The number of para-hydroxylation sites is 1. The minimum atomic E-state index is -0.0564. The van der Waals surface area contributed by atoms with Crippen LogP contribution in [0.5, 0.6) is 0 Å². The molecule has 0 saturated carbocycles. The third-order valence-corrected chi connectivity index (χ3v) is 5.45. The zero-order valence-corrected chi connectivity index (χ0v) is 18.4. The molecule has 32 heavy (non-hydrogen) atoms. The van der Waals surface area contributed by atoms with Gasteiger partial charge in [0, 0.05) is 30.5 Å². The maximum atomic E-state index is 12.8. The topological polar surface area (TPSA) is 66.7 Å². The number of nitrogens with zero attached hydrogens (tertiary/aromatic N) is 3. The van der Waals surface area contributed by atoms with Crippen molar-refractivity contribution < 1.29 is 14.0 Å². The van der Waals surface area contributed by atoms with Crippen molar-refractivity contribution in [3.63, 3.8) is 0 Å². The van der Waals surface area contributed by atoms with Crippen LogP contribution in [0.4, 0.5) is 17.4 Å². The molecular weight excluding hydrogens is 402 g/mol. The maximum absolute atomic E-state index is 12.8. The van der Waals surface area contributed by atoms with E-state index >= 15 is 0 Å². The van der Waals surface area contributed by atoms with E-state index in [-0.39, 0.29) is 18.1 Å². The number of ketones is 1. The first-order chi connectivity index (χ1) is 15.5. The standard InChI is InChI=1S/C26H25N3O3/c1-4-29(22-8-6-5-7-9-22)26-27-23-15-10-19(16-24(23)32-26)17-25(31)28(3)21-13-11-20(12-14-21)18(2)30/h5-16H,4,17H2,1-3H3. The van der Waals surface area contributed by atoms with Crippen LogP contribution in [-0.2, 0) is 11.2 Å². The Bertz CT molecular complexity index is 1250. The van der Waals surface area contributed by atoms with Gasteiger partial charge in [-0.25, -0.2) is 0 Å². The minimum absolute atomic E-state index is 0.000776. The molecule has 3 aromatic carbocycles. The molecule has 1 heterocycles. The van der Waals surface area contributed by atoms with E-state index in [0.29, 0.717) is 17.2 Å². The molecule has 0 N–H and O–H groups in total. The summed E-state index contributed by atoms with van der Waals surface area (Å²) < 4.78 is 6.04. The summed E-state index contributed by atoms with van der Waals surface area (Å²) in [5, 5.41) is 0. The van der Waals surface area contributed by atoms with Crippen molar-refractivity contribution in [3.05, 3.63) is 83.9 Å². The summed E-state index contributed by atoms with van der Waals surface area (Å²) in [6.45, 7) is 4.29. The van der Waals surface area contributed by atoms with Crippen LogP contribution in [0.25, 0.3) is 11.1 Å². The number of carbonyl (C=O) groups excluding carboxylic acids is 2. The minimum Gasteiger partial charge on any atom is -0.423 e. The molecule has 0 aliphatic carbocycles. The molecule has 4 aromatic rings. The Hall–Kier alpha value is -3.93. The molecule has 0 saturated heterocycles. The first kappa shape index (κ1) is 21.3. The lowest BCUT2D eigenvalue weighted by molar-refractivity contribution is -0.117. The van der Waals surface area contributed by atoms with Crippen molar-refractivity contribution in [3.8, 4) is 0 Å². The van der Waals surface area contributed by atoms with E-state index in [1.807, 2.05) is 60.4 Å². The zero-order chi connectivity index (χ0) is 22.7. The first-order valence-corrected chi connectivity index (χ1v) is 10.6. The number of benzene rings is 3. The monoisotopic (exact) mass is 427 g/mol. The lowest BCUT2D eigenvalue weighted by atomic mass is 10.1. The van der Waals surface area contributed by atoms with Gasteiger partial charge in [0.2, 0.25) is 5.91 Å². The normalized spacial score (nSPS) is 10.8. The third-order valence-electron chi connectivity index (χ3n) is 5.45. The molecule has 0 aliphatic rings. The number of hydrogen-bond acceptors (Lipinski definition) is 5. The highest BCUT2D eigenvalue weighted by Gasteiger charge is 2.17. The predicted octanol–water partition coefficient (Wildman–Crippen LogP) is 5.39. The van der Waals surface area contributed by atoms with Crippen molar-refractivity contribution in [1.29, 1.82) is 0 Å². The molecule has 1 aromatic heterocycles. The largest absolute Gasteiger partial charge is 0.423 e. The van der Waals surface area contributed by atoms with Crippen LogP contribution in [0.15, 0.2) is 77.2 Å². The van der Waals surface area contributed by atoms with Crippen molar-refractivity contribution >= 4 is 40.2 Å². The molecule has 162 valence electrons. The summed E-state index contributed by atoms with van der Waals surface area (Å²) in [6.07, 6.45) is 0.229. The summed E-state index contributed by atoms with van der Waals surface area (Å²) in [5.74, 6) is -0.0571. The SMILES string of the molecule is CCN(c1ccccc1)c1nc2ccc(CC(=O)N(C)c3ccc(C(C)=O)cc3)cc2o1. The number of Topliss-reactive ketones (excluding diaryl/α,β-unsaturated/α-hetero) is 1. The summed E-state index contributed by atoms with van der Waals surface area (Å²) in [5.41, 5.74) is 4.61. The maximum Gasteiger partial charge on any atom is 0.302 e. The summed E-state index contributed by atoms with van der Waals surface area (Å²) in [6, 6.07) is 23.2. The van der Waals surface area contributed by atoms with Crippen LogP contribution in [0.3, 0.4) is 0 Å². The number of aromatic nitrogens is 1. The molecule has 6 heteroatoms. The number of amides is 1.